The van der Waals surface area contributed by atoms with E-state index < -0.39 is 0 Å². The fraction of sp³-hybridized carbons (Fsp3) is 0.500. The number of fused-ring (bicyclic) bond motifs is 1. The van der Waals surface area contributed by atoms with Gasteiger partial charge in [-0.2, -0.15) is 0 Å². The third-order valence-electron chi connectivity index (χ3n) is 6.48. The van der Waals surface area contributed by atoms with E-state index in [9.17, 15) is 9.59 Å². The molecule has 0 radical (unpaired) electrons. The lowest BCUT2D eigenvalue weighted by molar-refractivity contribution is -0.0167. The minimum Gasteiger partial charge on any atom is -0.349 e. The maximum Gasteiger partial charge on any atom is 0.268 e. The number of aromatic amines is 1. The Bertz CT molecular complexity index is 898. The maximum absolute atomic E-state index is 12.9. The second kappa shape index (κ2) is 5.34. The standard InChI is InChI=1S/C20H21ClN2O2/c21-15-3-1-2-14-17(24)7-16(22-18(14)15)19(25)23-20-8-11-4-12(9-20)6-13(5-11)10-20/h1-3,7,11-13H,4-6,8-10H2,(H,22,24)(H,23,25). The van der Waals surface area contributed by atoms with Gasteiger partial charge in [0, 0.05) is 17.0 Å². The van der Waals surface area contributed by atoms with Crippen molar-refractivity contribution in [3.05, 3.63) is 45.2 Å². The van der Waals surface area contributed by atoms with Gasteiger partial charge in [-0.3, -0.25) is 9.59 Å². The lowest BCUT2D eigenvalue weighted by Crippen LogP contribution is -2.60. The van der Waals surface area contributed by atoms with E-state index in [0.29, 0.717) is 21.6 Å². The number of rotatable bonds is 2. The summed E-state index contributed by atoms with van der Waals surface area (Å²) in [6.07, 6.45) is 7.25. The van der Waals surface area contributed by atoms with Crippen LogP contribution in [-0.2, 0) is 0 Å². The Morgan fingerprint density at radius 2 is 1.76 bits per heavy atom. The maximum atomic E-state index is 12.9. The first-order chi connectivity index (χ1) is 12.0. The number of pyridine rings is 1. The van der Waals surface area contributed by atoms with E-state index in [1.165, 1.54) is 25.3 Å². The van der Waals surface area contributed by atoms with Crippen LogP contribution in [-0.4, -0.2) is 16.4 Å². The number of halogens is 1. The van der Waals surface area contributed by atoms with Gasteiger partial charge in [-0.15, -0.1) is 0 Å². The molecule has 0 atom stereocenters. The van der Waals surface area contributed by atoms with Crippen molar-refractivity contribution in [1.82, 2.24) is 10.3 Å². The number of hydrogen-bond donors (Lipinski definition) is 2. The molecule has 4 nitrogen and oxygen atoms in total. The Balaban J connectivity index is 1.48. The number of benzene rings is 1. The van der Waals surface area contributed by atoms with Crippen LogP contribution in [0.2, 0.25) is 5.02 Å². The molecule has 130 valence electrons. The Morgan fingerprint density at radius 1 is 1.12 bits per heavy atom. The topological polar surface area (TPSA) is 62.0 Å². The number of amides is 1. The Morgan fingerprint density at radius 3 is 2.40 bits per heavy atom. The summed E-state index contributed by atoms with van der Waals surface area (Å²) in [4.78, 5) is 28.3. The Hall–Kier alpha value is -1.81. The van der Waals surface area contributed by atoms with Crippen LogP contribution in [0.15, 0.2) is 29.1 Å². The summed E-state index contributed by atoms with van der Waals surface area (Å²) in [5, 5.41) is 4.27. The third kappa shape index (κ3) is 2.50. The molecule has 0 saturated heterocycles. The number of carbonyl (C=O) groups is 1. The van der Waals surface area contributed by atoms with E-state index in [0.717, 1.165) is 37.0 Å². The normalized spacial score (nSPS) is 32.9. The van der Waals surface area contributed by atoms with E-state index in [1.807, 2.05) is 0 Å². The van der Waals surface area contributed by atoms with Crippen molar-refractivity contribution in [2.24, 2.45) is 17.8 Å². The quantitative estimate of drug-likeness (QED) is 0.857. The smallest absolute Gasteiger partial charge is 0.268 e. The van der Waals surface area contributed by atoms with Gasteiger partial charge in [0.25, 0.3) is 5.91 Å². The molecule has 4 fully saturated rings. The zero-order valence-corrected chi connectivity index (χ0v) is 14.7. The highest BCUT2D eigenvalue weighted by atomic mass is 35.5. The average molecular weight is 357 g/mol. The summed E-state index contributed by atoms with van der Waals surface area (Å²) >= 11 is 6.20. The van der Waals surface area contributed by atoms with Crippen LogP contribution in [0.3, 0.4) is 0 Å². The van der Waals surface area contributed by atoms with Crippen LogP contribution < -0.4 is 10.7 Å². The van der Waals surface area contributed by atoms with E-state index in [4.69, 9.17) is 11.6 Å². The van der Waals surface area contributed by atoms with Gasteiger partial charge < -0.3 is 10.3 Å². The SMILES string of the molecule is O=C(NC12CC3CC(CC(C3)C1)C2)c1cc(=O)c2cccc(Cl)c2[nH]1. The molecule has 0 spiro atoms. The average Bonchev–Trinajstić information content (AvgIpc) is 2.54. The molecular formula is C20H21ClN2O2. The largest absolute Gasteiger partial charge is 0.349 e. The predicted molar refractivity (Wildman–Crippen MR) is 97.9 cm³/mol. The first kappa shape index (κ1) is 15.4. The van der Waals surface area contributed by atoms with Gasteiger partial charge >= 0.3 is 0 Å². The fourth-order valence-corrected chi connectivity index (χ4v) is 6.15. The number of H-pyrrole nitrogens is 1. The lowest BCUT2D eigenvalue weighted by atomic mass is 9.53. The molecular weight excluding hydrogens is 336 g/mol. The highest BCUT2D eigenvalue weighted by Gasteiger charge is 2.51. The van der Waals surface area contributed by atoms with Crippen LogP contribution in [0.25, 0.3) is 10.9 Å². The molecule has 6 rings (SSSR count). The summed E-state index contributed by atoms with van der Waals surface area (Å²) < 4.78 is 0. The van der Waals surface area contributed by atoms with E-state index in [1.54, 1.807) is 18.2 Å². The van der Waals surface area contributed by atoms with Crippen molar-refractivity contribution in [2.75, 3.05) is 0 Å². The molecule has 1 aromatic carbocycles. The summed E-state index contributed by atoms with van der Waals surface area (Å²) in [6, 6.07) is 6.59. The summed E-state index contributed by atoms with van der Waals surface area (Å²) in [5.74, 6) is 2.10. The zero-order chi connectivity index (χ0) is 17.2. The van der Waals surface area contributed by atoms with Crippen molar-refractivity contribution in [3.63, 3.8) is 0 Å². The lowest BCUT2D eigenvalue weighted by Gasteiger charge is -2.56. The minimum absolute atomic E-state index is 0.0713. The van der Waals surface area contributed by atoms with Crippen LogP contribution in [0.4, 0.5) is 0 Å². The van der Waals surface area contributed by atoms with E-state index >= 15 is 0 Å². The fourth-order valence-electron chi connectivity index (χ4n) is 5.93. The van der Waals surface area contributed by atoms with Crippen LogP contribution in [0.5, 0.6) is 0 Å². The molecule has 4 bridgehead atoms. The van der Waals surface area contributed by atoms with Gasteiger partial charge in [0.2, 0.25) is 0 Å². The second-order valence-corrected chi connectivity index (χ2v) is 8.77. The van der Waals surface area contributed by atoms with Crippen molar-refractivity contribution < 1.29 is 4.79 Å². The highest BCUT2D eigenvalue weighted by molar-refractivity contribution is 6.35. The van der Waals surface area contributed by atoms with Gasteiger partial charge in [-0.05, 0) is 68.4 Å². The van der Waals surface area contributed by atoms with Crippen LogP contribution in [0, 0.1) is 17.8 Å². The molecule has 4 saturated carbocycles. The molecule has 0 unspecified atom stereocenters. The molecule has 1 amide bonds. The first-order valence-electron chi connectivity index (χ1n) is 9.15. The number of hydrogen-bond acceptors (Lipinski definition) is 2. The molecule has 4 aliphatic rings. The predicted octanol–water partition coefficient (Wildman–Crippen LogP) is 3.88. The van der Waals surface area contributed by atoms with Gasteiger partial charge in [0.15, 0.2) is 5.43 Å². The van der Waals surface area contributed by atoms with Crippen molar-refractivity contribution in [1.29, 1.82) is 0 Å². The number of nitrogens with one attached hydrogen (secondary N) is 2. The van der Waals surface area contributed by atoms with Crippen molar-refractivity contribution in [3.8, 4) is 0 Å². The molecule has 0 aliphatic heterocycles. The minimum atomic E-state index is -0.180. The molecule has 2 aromatic rings. The first-order valence-corrected chi connectivity index (χ1v) is 9.53. The number of aromatic nitrogens is 1. The molecule has 2 N–H and O–H groups in total. The van der Waals surface area contributed by atoms with Crippen molar-refractivity contribution in [2.45, 2.75) is 44.1 Å². The highest BCUT2D eigenvalue weighted by Crippen LogP contribution is 2.55. The van der Waals surface area contributed by atoms with Crippen molar-refractivity contribution >= 4 is 28.4 Å². The molecule has 4 aliphatic carbocycles. The summed E-state index contributed by atoms with van der Waals surface area (Å²) in [6.45, 7) is 0. The van der Waals surface area contributed by atoms with E-state index in [2.05, 4.69) is 10.3 Å². The van der Waals surface area contributed by atoms with Crippen LogP contribution >= 0.6 is 11.6 Å². The van der Waals surface area contributed by atoms with E-state index in [-0.39, 0.29) is 16.9 Å². The molecule has 25 heavy (non-hydrogen) atoms. The molecule has 5 heteroatoms. The summed E-state index contributed by atoms with van der Waals surface area (Å²) in [5.41, 5.74) is 0.596. The number of para-hydroxylation sites is 1. The van der Waals surface area contributed by atoms with Gasteiger partial charge in [0.1, 0.15) is 5.69 Å². The molecule has 1 aromatic heterocycles. The Labute approximate surface area is 151 Å². The zero-order valence-electron chi connectivity index (χ0n) is 14.0. The Kier molecular flexibility index (Phi) is 3.30. The van der Waals surface area contributed by atoms with Gasteiger partial charge in [-0.25, -0.2) is 0 Å². The monoisotopic (exact) mass is 356 g/mol. The van der Waals surface area contributed by atoms with Gasteiger partial charge in [0.05, 0.1) is 10.5 Å². The molecule has 1 heterocycles. The van der Waals surface area contributed by atoms with Gasteiger partial charge in [-0.1, -0.05) is 17.7 Å². The van der Waals surface area contributed by atoms with Crippen LogP contribution in [0.1, 0.15) is 49.0 Å². The summed E-state index contributed by atoms with van der Waals surface area (Å²) in [7, 11) is 0. The third-order valence-corrected chi connectivity index (χ3v) is 6.79. The number of carbonyl (C=O) groups excluding carboxylic acids is 1. The second-order valence-electron chi connectivity index (χ2n) is 8.36.